The molecule has 2 aromatic rings. The maximum Gasteiger partial charge on any atom is 0.158 e. The topological polar surface area (TPSA) is 84.0 Å². The Hall–Kier alpha value is -2.13. The molecule has 0 radical (unpaired) electrons. The van der Waals surface area contributed by atoms with Crippen molar-refractivity contribution < 1.29 is 12.9 Å². The van der Waals surface area contributed by atoms with Crippen LogP contribution in [0, 0.1) is 25.2 Å². The van der Waals surface area contributed by atoms with Gasteiger partial charge in [0.25, 0.3) is 0 Å². The Morgan fingerprint density at radius 1 is 1.25 bits per heavy atom. The summed E-state index contributed by atoms with van der Waals surface area (Å²) in [7, 11) is -3.39. The molecule has 0 spiro atoms. The molecule has 0 amide bonds. The zero-order valence-corrected chi connectivity index (χ0v) is 12.1. The summed E-state index contributed by atoms with van der Waals surface area (Å²) in [5.41, 5.74) is 2.08. The van der Waals surface area contributed by atoms with E-state index in [0.717, 1.165) is 0 Å². The molecule has 0 aliphatic heterocycles. The second-order valence-corrected chi connectivity index (χ2v) is 6.67. The Bertz CT molecular complexity index is 750. The third-order valence-electron chi connectivity index (χ3n) is 3.06. The van der Waals surface area contributed by atoms with Crippen LogP contribution in [0.4, 0.5) is 0 Å². The van der Waals surface area contributed by atoms with E-state index in [1.54, 1.807) is 38.1 Å². The van der Waals surface area contributed by atoms with Crippen LogP contribution in [0.3, 0.4) is 0 Å². The second kappa shape index (κ2) is 5.47. The van der Waals surface area contributed by atoms with Crippen LogP contribution in [0.1, 0.15) is 28.1 Å². The van der Waals surface area contributed by atoms with E-state index in [0.29, 0.717) is 28.1 Å². The number of benzene rings is 1. The van der Waals surface area contributed by atoms with Gasteiger partial charge >= 0.3 is 0 Å². The van der Waals surface area contributed by atoms with E-state index in [1.165, 1.54) is 0 Å². The van der Waals surface area contributed by atoms with Crippen LogP contribution in [0.5, 0.6) is 0 Å². The van der Waals surface area contributed by atoms with Crippen molar-refractivity contribution in [1.82, 2.24) is 5.16 Å². The predicted molar refractivity (Wildman–Crippen MR) is 73.5 cm³/mol. The lowest BCUT2D eigenvalue weighted by Crippen LogP contribution is -2.09. The summed E-state index contributed by atoms with van der Waals surface area (Å²) >= 11 is 0. The van der Waals surface area contributed by atoms with Crippen molar-refractivity contribution in [2.45, 2.75) is 25.4 Å². The molecule has 0 aliphatic carbocycles. The van der Waals surface area contributed by atoms with Gasteiger partial charge in [-0.25, -0.2) is 8.42 Å². The fourth-order valence-electron chi connectivity index (χ4n) is 1.97. The molecule has 0 saturated carbocycles. The van der Waals surface area contributed by atoms with Crippen LogP contribution < -0.4 is 0 Å². The van der Waals surface area contributed by atoms with Crippen molar-refractivity contribution in [3.63, 3.8) is 0 Å². The fourth-order valence-corrected chi connectivity index (χ4v) is 3.65. The van der Waals surface area contributed by atoms with Gasteiger partial charge in [-0.3, -0.25) is 0 Å². The first-order valence-electron chi connectivity index (χ1n) is 6.03. The summed E-state index contributed by atoms with van der Waals surface area (Å²) in [6, 6.07) is 8.71. The SMILES string of the molecule is Cc1noc(C)c1CS(=O)(=O)Cc1ccccc1C#N. The number of aryl methyl sites for hydroxylation is 2. The van der Waals surface area contributed by atoms with Gasteiger partial charge in [-0.2, -0.15) is 5.26 Å². The molecule has 0 saturated heterocycles. The maximum absolute atomic E-state index is 12.3. The van der Waals surface area contributed by atoms with Crippen LogP contribution in [0.15, 0.2) is 28.8 Å². The van der Waals surface area contributed by atoms with Crippen LogP contribution >= 0.6 is 0 Å². The lowest BCUT2D eigenvalue weighted by Gasteiger charge is -2.06. The van der Waals surface area contributed by atoms with Crippen molar-refractivity contribution in [1.29, 1.82) is 5.26 Å². The van der Waals surface area contributed by atoms with Gasteiger partial charge in [0, 0.05) is 5.56 Å². The number of aromatic nitrogens is 1. The highest BCUT2D eigenvalue weighted by molar-refractivity contribution is 7.89. The minimum Gasteiger partial charge on any atom is -0.361 e. The van der Waals surface area contributed by atoms with Gasteiger partial charge in [0.15, 0.2) is 9.84 Å². The highest BCUT2D eigenvalue weighted by atomic mass is 32.2. The molecule has 0 N–H and O–H groups in total. The quantitative estimate of drug-likeness (QED) is 0.862. The van der Waals surface area contributed by atoms with Crippen LogP contribution in [0.2, 0.25) is 0 Å². The zero-order chi connectivity index (χ0) is 14.8. The van der Waals surface area contributed by atoms with Gasteiger partial charge in [0.2, 0.25) is 0 Å². The number of nitrogens with zero attached hydrogens (tertiary/aromatic N) is 2. The van der Waals surface area contributed by atoms with Crippen LogP contribution in [-0.4, -0.2) is 13.6 Å². The third-order valence-corrected chi connectivity index (χ3v) is 4.54. The fraction of sp³-hybridized carbons (Fsp3) is 0.286. The molecule has 0 fully saturated rings. The highest BCUT2D eigenvalue weighted by Gasteiger charge is 2.20. The second-order valence-electron chi connectivity index (χ2n) is 4.60. The number of hydrogen-bond donors (Lipinski definition) is 0. The Morgan fingerprint density at radius 2 is 1.95 bits per heavy atom. The number of rotatable bonds is 4. The largest absolute Gasteiger partial charge is 0.361 e. The molecule has 2 rings (SSSR count). The van der Waals surface area contributed by atoms with E-state index in [1.807, 2.05) is 6.07 Å². The van der Waals surface area contributed by atoms with Crippen molar-refractivity contribution in [3.8, 4) is 6.07 Å². The Kier molecular flexibility index (Phi) is 3.91. The first-order valence-corrected chi connectivity index (χ1v) is 7.85. The molecule has 0 aliphatic rings. The molecule has 5 nitrogen and oxygen atoms in total. The highest BCUT2D eigenvalue weighted by Crippen LogP contribution is 2.19. The van der Waals surface area contributed by atoms with E-state index in [-0.39, 0.29) is 11.5 Å². The van der Waals surface area contributed by atoms with Gasteiger partial charge in [-0.1, -0.05) is 23.4 Å². The molecule has 20 heavy (non-hydrogen) atoms. The van der Waals surface area contributed by atoms with E-state index in [9.17, 15) is 8.42 Å². The first kappa shape index (κ1) is 14.3. The summed E-state index contributed by atoms with van der Waals surface area (Å²) in [6.07, 6.45) is 0. The standard InChI is InChI=1S/C14H14N2O3S/c1-10-14(11(2)19-16-10)9-20(17,18)8-13-6-4-3-5-12(13)7-15/h3-6H,8-9H2,1-2H3. The lowest BCUT2D eigenvalue weighted by atomic mass is 10.1. The van der Waals surface area contributed by atoms with Gasteiger partial charge in [-0.05, 0) is 25.5 Å². The molecule has 1 aromatic carbocycles. The molecule has 1 aromatic heterocycles. The van der Waals surface area contributed by atoms with Gasteiger partial charge < -0.3 is 4.52 Å². The molecule has 1 heterocycles. The number of sulfone groups is 1. The summed E-state index contributed by atoms with van der Waals surface area (Å²) in [6.45, 7) is 3.40. The average molecular weight is 290 g/mol. The molecule has 0 atom stereocenters. The van der Waals surface area contributed by atoms with Crippen molar-refractivity contribution >= 4 is 9.84 Å². The van der Waals surface area contributed by atoms with Crippen molar-refractivity contribution in [3.05, 3.63) is 52.4 Å². The summed E-state index contributed by atoms with van der Waals surface area (Å²) in [5, 5.41) is 12.7. The first-order chi connectivity index (χ1) is 9.43. The number of nitriles is 1. The third kappa shape index (κ3) is 3.06. The Labute approximate surface area is 117 Å². The molecular formula is C14H14N2O3S. The zero-order valence-electron chi connectivity index (χ0n) is 11.3. The van der Waals surface area contributed by atoms with Crippen LogP contribution in [-0.2, 0) is 21.3 Å². The average Bonchev–Trinajstić information content (AvgIpc) is 2.70. The summed E-state index contributed by atoms with van der Waals surface area (Å²) in [4.78, 5) is 0. The minimum atomic E-state index is -3.39. The van der Waals surface area contributed by atoms with E-state index in [4.69, 9.17) is 9.78 Å². The molecule has 0 unspecified atom stereocenters. The van der Waals surface area contributed by atoms with E-state index < -0.39 is 9.84 Å². The monoisotopic (exact) mass is 290 g/mol. The van der Waals surface area contributed by atoms with E-state index >= 15 is 0 Å². The molecular weight excluding hydrogens is 276 g/mol. The lowest BCUT2D eigenvalue weighted by molar-refractivity contribution is 0.392. The molecule has 104 valence electrons. The smallest absolute Gasteiger partial charge is 0.158 e. The Balaban J connectivity index is 2.27. The van der Waals surface area contributed by atoms with Crippen LogP contribution in [0.25, 0.3) is 0 Å². The predicted octanol–water partition coefficient (Wildman–Crippen LogP) is 2.28. The van der Waals surface area contributed by atoms with Gasteiger partial charge in [0.1, 0.15) is 5.76 Å². The Morgan fingerprint density at radius 3 is 2.55 bits per heavy atom. The van der Waals surface area contributed by atoms with Crippen molar-refractivity contribution in [2.75, 3.05) is 0 Å². The summed E-state index contributed by atoms with van der Waals surface area (Å²) in [5.74, 6) is 0.217. The maximum atomic E-state index is 12.3. The number of hydrogen-bond acceptors (Lipinski definition) is 5. The summed E-state index contributed by atoms with van der Waals surface area (Å²) < 4.78 is 29.5. The molecule has 0 bridgehead atoms. The van der Waals surface area contributed by atoms with E-state index in [2.05, 4.69) is 5.16 Å². The molecule has 6 heteroatoms. The minimum absolute atomic E-state index is 0.131. The van der Waals surface area contributed by atoms with Gasteiger partial charge in [-0.15, -0.1) is 0 Å². The van der Waals surface area contributed by atoms with Crippen molar-refractivity contribution in [2.24, 2.45) is 0 Å². The van der Waals surface area contributed by atoms with Gasteiger partial charge in [0.05, 0.1) is 28.8 Å². The normalized spacial score (nSPS) is 11.2.